The van der Waals surface area contributed by atoms with Gasteiger partial charge >= 0.3 is 0 Å². The summed E-state index contributed by atoms with van der Waals surface area (Å²) in [6.07, 6.45) is 3.49. The van der Waals surface area contributed by atoms with Crippen LogP contribution in [-0.2, 0) is 4.79 Å². The van der Waals surface area contributed by atoms with Crippen molar-refractivity contribution in [2.75, 3.05) is 25.0 Å². The fourth-order valence-electron chi connectivity index (χ4n) is 2.64. The number of nitrogens with two attached hydrogens (primary N) is 1. The molecule has 4 nitrogen and oxygen atoms in total. The van der Waals surface area contributed by atoms with Crippen LogP contribution in [0.2, 0.25) is 0 Å². The predicted octanol–water partition coefficient (Wildman–Crippen LogP) is 2.17. The smallest absolute Gasteiger partial charge is 0.238 e. The second kappa shape index (κ2) is 8.25. The van der Waals surface area contributed by atoms with Crippen LogP contribution in [0.5, 0.6) is 0 Å². The molecule has 0 radical (unpaired) electrons. The monoisotopic (exact) mass is 297 g/mol. The summed E-state index contributed by atoms with van der Waals surface area (Å²) in [5.41, 5.74) is 7.78. The summed E-state index contributed by atoms with van der Waals surface area (Å²) >= 11 is 0. The highest BCUT2D eigenvalue weighted by Crippen LogP contribution is 2.16. The molecular formula is C15H24ClN3O. The number of amides is 1. The van der Waals surface area contributed by atoms with Crippen molar-refractivity contribution >= 4 is 24.0 Å². The minimum atomic E-state index is 0. The zero-order valence-electron chi connectivity index (χ0n) is 12.0. The molecule has 0 saturated carbocycles. The van der Waals surface area contributed by atoms with Gasteiger partial charge in [0.1, 0.15) is 0 Å². The van der Waals surface area contributed by atoms with Gasteiger partial charge in [-0.15, -0.1) is 12.4 Å². The first kappa shape index (κ1) is 17.0. The number of carbonyl (C=O) groups is 1. The molecule has 1 saturated heterocycles. The Morgan fingerprint density at radius 2 is 2.25 bits per heavy atom. The van der Waals surface area contributed by atoms with Crippen LogP contribution in [0.1, 0.15) is 24.8 Å². The number of hydrogen-bond acceptors (Lipinski definition) is 3. The third-order valence-corrected chi connectivity index (χ3v) is 3.67. The van der Waals surface area contributed by atoms with E-state index in [1.165, 1.54) is 6.42 Å². The van der Waals surface area contributed by atoms with Gasteiger partial charge in [0, 0.05) is 18.3 Å². The number of anilines is 1. The highest BCUT2D eigenvalue weighted by Gasteiger charge is 2.22. The summed E-state index contributed by atoms with van der Waals surface area (Å²) in [4.78, 5) is 14.3. The van der Waals surface area contributed by atoms with Gasteiger partial charge in [0.2, 0.25) is 5.91 Å². The molecule has 0 aromatic heterocycles. The molecule has 0 spiro atoms. The van der Waals surface area contributed by atoms with E-state index in [-0.39, 0.29) is 18.3 Å². The van der Waals surface area contributed by atoms with Crippen molar-refractivity contribution < 1.29 is 4.79 Å². The fraction of sp³-hybridized carbons (Fsp3) is 0.533. The van der Waals surface area contributed by atoms with Crippen LogP contribution in [-0.4, -0.2) is 36.5 Å². The van der Waals surface area contributed by atoms with Crippen molar-refractivity contribution in [1.29, 1.82) is 0 Å². The van der Waals surface area contributed by atoms with Crippen molar-refractivity contribution in [3.05, 3.63) is 29.8 Å². The lowest BCUT2D eigenvalue weighted by Crippen LogP contribution is -2.47. The normalized spacial score (nSPS) is 19.2. The lowest BCUT2D eigenvalue weighted by molar-refractivity contribution is -0.118. The van der Waals surface area contributed by atoms with Crippen LogP contribution in [0.4, 0.5) is 5.69 Å². The molecule has 1 amide bonds. The summed E-state index contributed by atoms with van der Waals surface area (Å²) in [6.45, 7) is 4.07. The summed E-state index contributed by atoms with van der Waals surface area (Å²) in [5.74, 6) is 0.0472. The van der Waals surface area contributed by atoms with Gasteiger partial charge in [0.25, 0.3) is 0 Å². The predicted molar refractivity (Wildman–Crippen MR) is 85.3 cm³/mol. The van der Waals surface area contributed by atoms with E-state index in [1.54, 1.807) is 0 Å². The van der Waals surface area contributed by atoms with E-state index >= 15 is 0 Å². The van der Waals surface area contributed by atoms with Gasteiger partial charge < -0.3 is 11.1 Å². The molecule has 1 aliphatic rings. The second-order valence-electron chi connectivity index (χ2n) is 5.27. The molecule has 1 atom stereocenters. The molecule has 112 valence electrons. The van der Waals surface area contributed by atoms with E-state index in [4.69, 9.17) is 5.73 Å². The minimum absolute atomic E-state index is 0. The van der Waals surface area contributed by atoms with Crippen LogP contribution >= 0.6 is 12.4 Å². The molecule has 0 bridgehead atoms. The average molecular weight is 298 g/mol. The maximum atomic E-state index is 12.1. The van der Waals surface area contributed by atoms with Crippen LogP contribution in [0.3, 0.4) is 0 Å². The fourth-order valence-corrected chi connectivity index (χ4v) is 2.64. The Labute approximate surface area is 127 Å². The number of nitrogens with one attached hydrogen (secondary N) is 1. The molecule has 3 N–H and O–H groups in total. The number of likely N-dealkylation sites (tertiary alicyclic amines) is 1. The van der Waals surface area contributed by atoms with Crippen molar-refractivity contribution in [1.82, 2.24) is 4.90 Å². The quantitative estimate of drug-likeness (QED) is 0.895. The summed E-state index contributed by atoms with van der Waals surface area (Å²) in [7, 11) is 0. The van der Waals surface area contributed by atoms with Crippen molar-refractivity contribution in [2.45, 2.75) is 32.2 Å². The van der Waals surface area contributed by atoms with Gasteiger partial charge in [-0.05, 0) is 44.0 Å². The highest BCUT2D eigenvalue weighted by molar-refractivity contribution is 5.92. The molecule has 1 heterocycles. The number of halogens is 1. The summed E-state index contributed by atoms with van der Waals surface area (Å²) < 4.78 is 0. The standard InChI is InChI=1S/C15H23N3O.ClH/c1-12-5-4-6-13(9-12)17-15(19)11-18-8-3-2-7-14(18)10-16;/h4-6,9,14H,2-3,7-8,10-11,16H2,1H3,(H,17,19);1H. The molecule has 1 aromatic carbocycles. The molecule has 0 aliphatic carbocycles. The largest absolute Gasteiger partial charge is 0.329 e. The highest BCUT2D eigenvalue weighted by atomic mass is 35.5. The number of carbonyl (C=O) groups excluding carboxylic acids is 1. The number of hydrogen-bond donors (Lipinski definition) is 2. The average Bonchev–Trinajstić information content (AvgIpc) is 2.39. The zero-order chi connectivity index (χ0) is 13.7. The van der Waals surface area contributed by atoms with Crippen LogP contribution in [0.15, 0.2) is 24.3 Å². The third-order valence-electron chi connectivity index (χ3n) is 3.67. The Morgan fingerprint density at radius 3 is 2.95 bits per heavy atom. The maximum absolute atomic E-state index is 12.1. The molecule has 1 aliphatic heterocycles. The molecule has 2 rings (SSSR count). The van der Waals surface area contributed by atoms with Crippen LogP contribution in [0.25, 0.3) is 0 Å². The number of benzene rings is 1. The van der Waals surface area contributed by atoms with Gasteiger partial charge in [-0.1, -0.05) is 18.6 Å². The van der Waals surface area contributed by atoms with E-state index < -0.39 is 0 Å². The summed E-state index contributed by atoms with van der Waals surface area (Å²) in [5, 5.41) is 2.95. The lowest BCUT2D eigenvalue weighted by Gasteiger charge is -2.34. The molecule has 1 aromatic rings. The summed E-state index contributed by atoms with van der Waals surface area (Å²) in [6, 6.07) is 8.23. The van der Waals surface area contributed by atoms with Gasteiger partial charge in [-0.25, -0.2) is 0 Å². The number of nitrogens with zero attached hydrogens (tertiary/aromatic N) is 1. The van der Waals surface area contributed by atoms with Crippen LogP contribution < -0.4 is 11.1 Å². The van der Waals surface area contributed by atoms with E-state index in [0.717, 1.165) is 30.6 Å². The van der Waals surface area contributed by atoms with E-state index in [1.807, 2.05) is 31.2 Å². The first-order chi connectivity index (χ1) is 9.19. The molecule has 1 unspecified atom stereocenters. The number of aryl methyl sites for hydroxylation is 1. The van der Waals surface area contributed by atoms with Gasteiger partial charge in [0.15, 0.2) is 0 Å². The first-order valence-electron chi connectivity index (χ1n) is 6.99. The van der Waals surface area contributed by atoms with Gasteiger partial charge in [0.05, 0.1) is 6.54 Å². The maximum Gasteiger partial charge on any atom is 0.238 e. The molecular weight excluding hydrogens is 274 g/mol. The van der Waals surface area contributed by atoms with E-state index in [0.29, 0.717) is 19.1 Å². The Morgan fingerprint density at radius 1 is 1.45 bits per heavy atom. The Bertz CT molecular complexity index is 439. The Kier molecular flexibility index (Phi) is 6.99. The zero-order valence-corrected chi connectivity index (χ0v) is 12.8. The number of piperidine rings is 1. The topological polar surface area (TPSA) is 58.4 Å². The lowest BCUT2D eigenvalue weighted by atomic mass is 10.0. The molecule has 1 fully saturated rings. The van der Waals surface area contributed by atoms with Gasteiger partial charge in [-0.3, -0.25) is 9.69 Å². The van der Waals surface area contributed by atoms with Crippen molar-refractivity contribution in [3.8, 4) is 0 Å². The van der Waals surface area contributed by atoms with E-state index in [9.17, 15) is 4.79 Å². The third kappa shape index (κ3) is 4.78. The number of rotatable bonds is 4. The minimum Gasteiger partial charge on any atom is -0.329 e. The van der Waals surface area contributed by atoms with E-state index in [2.05, 4.69) is 10.2 Å². The van der Waals surface area contributed by atoms with Gasteiger partial charge in [-0.2, -0.15) is 0 Å². The Balaban J connectivity index is 0.00000200. The Hall–Kier alpha value is -1.10. The van der Waals surface area contributed by atoms with Crippen molar-refractivity contribution in [2.24, 2.45) is 5.73 Å². The molecule has 20 heavy (non-hydrogen) atoms. The van der Waals surface area contributed by atoms with Crippen LogP contribution in [0, 0.1) is 6.92 Å². The second-order valence-corrected chi connectivity index (χ2v) is 5.27. The van der Waals surface area contributed by atoms with Crippen molar-refractivity contribution in [3.63, 3.8) is 0 Å². The first-order valence-corrected chi connectivity index (χ1v) is 6.99. The molecule has 5 heteroatoms. The SMILES string of the molecule is Cc1cccc(NC(=O)CN2CCCCC2CN)c1.Cl.